The lowest BCUT2D eigenvalue weighted by molar-refractivity contribution is 1.19. The minimum Gasteiger partial charge on any atom is -0.261 e. The van der Waals surface area contributed by atoms with E-state index in [1.807, 2.05) is 19.1 Å². The minimum atomic E-state index is 0.531. The van der Waals surface area contributed by atoms with Crippen LogP contribution in [0.3, 0.4) is 0 Å². The second-order valence-electron chi connectivity index (χ2n) is 3.17. The summed E-state index contributed by atoms with van der Waals surface area (Å²) >= 11 is 11.8. The van der Waals surface area contributed by atoms with Crippen molar-refractivity contribution in [2.45, 2.75) is 6.92 Å². The average Bonchev–Trinajstić information content (AvgIpc) is 2.20. The predicted molar refractivity (Wildman–Crippen MR) is 62.2 cm³/mol. The number of aryl methyl sites for hydroxylation is 1. The summed E-state index contributed by atoms with van der Waals surface area (Å²) in [5.74, 6) is 0. The fourth-order valence-electron chi connectivity index (χ4n) is 1.23. The Bertz CT molecular complexity index is 480. The van der Waals surface area contributed by atoms with Crippen LogP contribution in [0.5, 0.6) is 0 Å². The zero-order valence-electron chi connectivity index (χ0n) is 8.04. The minimum absolute atomic E-state index is 0.531. The first-order valence-electron chi connectivity index (χ1n) is 4.41. The summed E-state index contributed by atoms with van der Waals surface area (Å²) < 4.78 is 0. The molecule has 15 heavy (non-hydrogen) atoms. The highest BCUT2D eigenvalue weighted by Gasteiger charge is 2.05. The van der Waals surface area contributed by atoms with Crippen LogP contribution in [0.4, 0.5) is 0 Å². The number of hydrogen-bond acceptors (Lipinski definition) is 2. The van der Waals surface area contributed by atoms with Crippen molar-refractivity contribution >= 4 is 23.2 Å². The zero-order valence-corrected chi connectivity index (χ0v) is 9.55. The summed E-state index contributed by atoms with van der Waals surface area (Å²) in [5, 5.41) is 1.07. The number of rotatable bonds is 1. The Labute approximate surface area is 97.9 Å². The van der Waals surface area contributed by atoms with E-state index in [2.05, 4.69) is 9.97 Å². The molecular weight excluding hydrogens is 231 g/mol. The van der Waals surface area contributed by atoms with Gasteiger partial charge in [-0.05, 0) is 25.1 Å². The molecule has 0 aliphatic heterocycles. The molecule has 0 aromatic carbocycles. The maximum absolute atomic E-state index is 6.03. The van der Waals surface area contributed by atoms with Gasteiger partial charge in [-0.2, -0.15) is 0 Å². The van der Waals surface area contributed by atoms with E-state index in [0.29, 0.717) is 15.7 Å². The molecule has 0 fully saturated rings. The van der Waals surface area contributed by atoms with E-state index in [0.717, 1.165) is 11.3 Å². The van der Waals surface area contributed by atoms with E-state index in [4.69, 9.17) is 23.2 Å². The summed E-state index contributed by atoms with van der Waals surface area (Å²) in [7, 11) is 0. The molecule has 2 rings (SSSR count). The molecular formula is C11H8Cl2N2. The van der Waals surface area contributed by atoms with Crippen molar-refractivity contribution in [1.82, 2.24) is 9.97 Å². The Morgan fingerprint density at radius 1 is 1.07 bits per heavy atom. The fourth-order valence-corrected chi connectivity index (χ4v) is 1.72. The molecule has 76 valence electrons. The molecule has 0 aliphatic rings. The Morgan fingerprint density at radius 2 is 1.87 bits per heavy atom. The van der Waals surface area contributed by atoms with Crippen LogP contribution in [0.2, 0.25) is 10.0 Å². The van der Waals surface area contributed by atoms with Gasteiger partial charge < -0.3 is 0 Å². The van der Waals surface area contributed by atoms with Gasteiger partial charge in [0.2, 0.25) is 0 Å². The van der Waals surface area contributed by atoms with Crippen LogP contribution < -0.4 is 0 Å². The maximum atomic E-state index is 6.03. The molecule has 0 N–H and O–H groups in total. The van der Waals surface area contributed by atoms with Crippen molar-refractivity contribution in [2.75, 3.05) is 0 Å². The van der Waals surface area contributed by atoms with Gasteiger partial charge >= 0.3 is 0 Å². The predicted octanol–water partition coefficient (Wildman–Crippen LogP) is 3.76. The van der Waals surface area contributed by atoms with Gasteiger partial charge in [-0.25, -0.2) is 0 Å². The summed E-state index contributed by atoms with van der Waals surface area (Å²) in [6.45, 7) is 1.93. The molecule has 2 aromatic rings. The lowest BCUT2D eigenvalue weighted by Crippen LogP contribution is -1.87. The van der Waals surface area contributed by atoms with Crippen molar-refractivity contribution in [2.24, 2.45) is 0 Å². The number of nitrogens with zero attached hydrogens (tertiary/aromatic N) is 2. The first kappa shape index (κ1) is 10.4. The largest absolute Gasteiger partial charge is 0.261 e. The Morgan fingerprint density at radius 3 is 2.47 bits per heavy atom. The quantitative estimate of drug-likeness (QED) is 0.757. The van der Waals surface area contributed by atoms with Gasteiger partial charge in [0, 0.05) is 23.7 Å². The topological polar surface area (TPSA) is 25.8 Å². The summed E-state index contributed by atoms with van der Waals surface area (Å²) in [6.07, 6.45) is 3.32. The van der Waals surface area contributed by atoms with Gasteiger partial charge in [0.25, 0.3) is 0 Å². The van der Waals surface area contributed by atoms with E-state index in [-0.39, 0.29) is 0 Å². The first-order valence-corrected chi connectivity index (χ1v) is 5.16. The van der Waals surface area contributed by atoms with Crippen LogP contribution in [0.1, 0.15) is 5.69 Å². The zero-order chi connectivity index (χ0) is 10.8. The monoisotopic (exact) mass is 238 g/mol. The van der Waals surface area contributed by atoms with Crippen LogP contribution in [0, 0.1) is 6.92 Å². The van der Waals surface area contributed by atoms with Gasteiger partial charge in [0.1, 0.15) is 0 Å². The molecule has 0 spiro atoms. The van der Waals surface area contributed by atoms with E-state index >= 15 is 0 Å². The van der Waals surface area contributed by atoms with Crippen LogP contribution in [0.25, 0.3) is 11.3 Å². The number of hydrogen-bond donors (Lipinski definition) is 0. The summed E-state index contributed by atoms with van der Waals surface area (Å²) in [6, 6.07) is 5.53. The molecule has 2 nitrogen and oxygen atoms in total. The third kappa shape index (κ3) is 2.28. The summed E-state index contributed by atoms with van der Waals surface area (Å²) in [5.41, 5.74) is 2.56. The standard InChI is InChI=1S/C11H8Cl2N2/c1-7-2-3-8(5-14-7)11-10(13)4-9(12)6-15-11/h2-6H,1H3. The molecule has 0 atom stereocenters. The SMILES string of the molecule is Cc1ccc(-c2ncc(Cl)cc2Cl)cn1. The molecule has 0 amide bonds. The normalized spacial score (nSPS) is 10.3. The van der Waals surface area contributed by atoms with Crippen molar-refractivity contribution in [3.8, 4) is 11.3 Å². The molecule has 2 aromatic heterocycles. The van der Waals surface area contributed by atoms with Crippen molar-refractivity contribution in [3.05, 3.63) is 46.3 Å². The lowest BCUT2D eigenvalue weighted by atomic mass is 10.2. The van der Waals surface area contributed by atoms with Crippen LogP contribution in [0.15, 0.2) is 30.6 Å². The number of pyridine rings is 2. The highest BCUT2D eigenvalue weighted by atomic mass is 35.5. The average molecular weight is 239 g/mol. The van der Waals surface area contributed by atoms with Crippen LogP contribution >= 0.6 is 23.2 Å². The van der Waals surface area contributed by atoms with Crippen LogP contribution in [-0.2, 0) is 0 Å². The van der Waals surface area contributed by atoms with Gasteiger partial charge in [-0.15, -0.1) is 0 Å². The van der Waals surface area contributed by atoms with Crippen molar-refractivity contribution in [1.29, 1.82) is 0 Å². The maximum Gasteiger partial charge on any atom is 0.0904 e. The van der Waals surface area contributed by atoms with Gasteiger partial charge in [-0.3, -0.25) is 9.97 Å². The highest BCUT2D eigenvalue weighted by molar-refractivity contribution is 6.36. The molecule has 0 saturated carbocycles. The molecule has 0 unspecified atom stereocenters. The highest BCUT2D eigenvalue weighted by Crippen LogP contribution is 2.27. The Balaban J connectivity index is 2.49. The first-order chi connectivity index (χ1) is 7.16. The third-order valence-corrected chi connectivity index (χ3v) is 2.49. The molecule has 0 saturated heterocycles. The van der Waals surface area contributed by atoms with E-state index < -0.39 is 0 Å². The van der Waals surface area contributed by atoms with E-state index in [1.54, 1.807) is 18.5 Å². The Hall–Kier alpha value is -1.12. The fraction of sp³-hybridized carbons (Fsp3) is 0.0909. The molecule has 2 heterocycles. The molecule has 4 heteroatoms. The second-order valence-corrected chi connectivity index (χ2v) is 4.02. The number of halogens is 2. The smallest absolute Gasteiger partial charge is 0.0904 e. The van der Waals surface area contributed by atoms with Crippen molar-refractivity contribution in [3.63, 3.8) is 0 Å². The van der Waals surface area contributed by atoms with Gasteiger partial charge in [0.15, 0.2) is 0 Å². The Kier molecular flexibility index (Phi) is 2.89. The van der Waals surface area contributed by atoms with Gasteiger partial charge in [-0.1, -0.05) is 23.2 Å². The summed E-state index contributed by atoms with van der Waals surface area (Å²) in [4.78, 5) is 8.36. The van der Waals surface area contributed by atoms with E-state index in [9.17, 15) is 0 Å². The van der Waals surface area contributed by atoms with E-state index in [1.165, 1.54) is 0 Å². The molecule has 0 radical (unpaired) electrons. The van der Waals surface area contributed by atoms with Gasteiger partial charge in [0.05, 0.1) is 15.7 Å². The number of aromatic nitrogens is 2. The molecule has 0 bridgehead atoms. The molecule has 0 aliphatic carbocycles. The lowest BCUT2D eigenvalue weighted by Gasteiger charge is -2.03. The third-order valence-electron chi connectivity index (χ3n) is 1.99. The van der Waals surface area contributed by atoms with Crippen LogP contribution in [-0.4, -0.2) is 9.97 Å². The van der Waals surface area contributed by atoms with Crippen molar-refractivity contribution < 1.29 is 0 Å². The second kappa shape index (κ2) is 4.17.